The van der Waals surface area contributed by atoms with Gasteiger partial charge in [-0.3, -0.25) is 4.79 Å². The van der Waals surface area contributed by atoms with Crippen LogP contribution in [0.15, 0.2) is 18.7 Å². The number of primary amides is 1. The van der Waals surface area contributed by atoms with Gasteiger partial charge in [-0.2, -0.15) is 0 Å². The third kappa shape index (κ3) is 1.46. The van der Waals surface area contributed by atoms with Gasteiger partial charge in [-0.1, -0.05) is 0 Å². The topological polar surface area (TPSA) is 84.7 Å². The fraction of sp³-hybridized carbons (Fsp3) is 0. The largest absolute Gasteiger partial charge is 0.365 e. The molecule has 2 aromatic heterocycles. The summed E-state index contributed by atoms with van der Waals surface area (Å²) in [4.78, 5) is 21.4. The van der Waals surface area contributed by atoms with E-state index >= 15 is 0 Å². The second-order valence-electron chi connectivity index (χ2n) is 2.35. The van der Waals surface area contributed by atoms with E-state index in [2.05, 4.69) is 15.0 Å². The summed E-state index contributed by atoms with van der Waals surface area (Å²) >= 11 is 0. The van der Waals surface area contributed by atoms with E-state index in [0.29, 0.717) is 16.6 Å². The van der Waals surface area contributed by atoms with Crippen LogP contribution in [0.5, 0.6) is 0 Å². The molecule has 0 spiro atoms. The third-order valence-corrected chi connectivity index (χ3v) is 1.60. The zero-order chi connectivity index (χ0) is 8.55. The first kappa shape index (κ1) is 9.47. The van der Waals surface area contributed by atoms with Crippen LogP contribution in [0.2, 0.25) is 0 Å². The van der Waals surface area contributed by atoms with E-state index in [4.69, 9.17) is 5.73 Å². The van der Waals surface area contributed by atoms with E-state index in [9.17, 15) is 4.79 Å². The van der Waals surface area contributed by atoms with Gasteiger partial charge in [-0.25, -0.2) is 9.97 Å². The summed E-state index contributed by atoms with van der Waals surface area (Å²) in [6.07, 6.45) is 4.50. The second-order valence-corrected chi connectivity index (χ2v) is 2.35. The predicted molar refractivity (Wildman–Crippen MR) is 49.7 cm³/mol. The SMILES string of the molecule is Cl.NC(=O)c1c[nH]c2cncnc12. The minimum atomic E-state index is -0.486. The molecule has 0 fully saturated rings. The molecule has 0 aliphatic rings. The number of rotatable bonds is 1. The average molecular weight is 199 g/mol. The summed E-state index contributed by atoms with van der Waals surface area (Å²) in [5.41, 5.74) is 6.78. The minimum absolute atomic E-state index is 0. The van der Waals surface area contributed by atoms with Gasteiger partial charge in [-0.15, -0.1) is 12.4 Å². The number of H-pyrrole nitrogens is 1. The van der Waals surface area contributed by atoms with Gasteiger partial charge in [0, 0.05) is 6.20 Å². The fourth-order valence-electron chi connectivity index (χ4n) is 1.06. The lowest BCUT2D eigenvalue weighted by Crippen LogP contribution is -2.10. The van der Waals surface area contributed by atoms with Crippen LogP contribution in [-0.4, -0.2) is 20.9 Å². The number of carbonyl (C=O) groups excluding carboxylic acids is 1. The van der Waals surface area contributed by atoms with Gasteiger partial charge >= 0.3 is 0 Å². The summed E-state index contributed by atoms with van der Waals surface area (Å²) in [6.45, 7) is 0. The number of hydrogen-bond donors (Lipinski definition) is 2. The lowest BCUT2D eigenvalue weighted by atomic mass is 10.3. The maximum absolute atomic E-state index is 10.8. The first-order chi connectivity index (χ1) is 5.79. The number of hydrogen-bond acceptors (Lipinski definition) is 3. The summed E-state index contributed by atoms with van der Waals surface area (Å²) in [5.74, 6) is -0.486. The van der Waals surface area contributed by atoms with Crippen molar-refractivity contribution in [2.45, 2.75) is 0 Å². The number of fused-ring (bicyclic) bond motifs is 1. The molecule has 0 aliphatic heterocycles. The Morgan fingerprint density at radius 3 is 3.00 bits per heavy atom. The van der Waals surface area contributed by atoms with Crippen LogP contribution in [-0.2, 0) is 0 Å². The lowest BCUT2D eigenvalue weighted by molar-refractivity contribution is 0.100. The Balaban J connectivity index is 0.000000845. The maximum Gasteiger partial charge on any atom is 0.252 e. The number of amides is 1. The first-order valence-corrected chi connectivity index (χ1v) is 3.36. The van der Waals surface area contributed by atoms with Crippen molar-refractivity contribution in [3.8, 4) is 0 Å². The average Bonchev–Trinajstić information content (AvgIpc) is 2.47. The van der Waals surface area contributed by atoms with Crippen molar-refractivity contribution >= 4 is 29.3 Å². The van der Waals surface area contributed by atoms with E-state index in [1.165, 1.54) is 12.5 Å². The molecule has 0 aromatic carbocycles. The van der Waals surface area contributed by atoms with E-state index < -0.39 is 5.91 Å². The highest BCUT2D eigenvalue weighted by Crippen LogP contribution is 2.12. The van der Waals surface area contributed by atoms with Crippen molar-refractivity contribution in [3.63, 3.8) is 0 Å². The molecular weight excluding hydrogens is 192 g/mol. The molecule has 2 rings (SSSR count). The third-order valence-electron chi connectivity index (χ3n) is 1.60. The quantitative estimate of drug-likeness (QED) is 0.699. The molecule has 2 aromatic rings. The van der Waals surface area contributed by atoms with Crippen molar-refractivity contribution in [2.24, 2.45) is 5.73 Å². The Morgan fingerprint density at radius 2 is 2.31 bits per heavy atom. The summed E-state index contributed by atoms with van der Waals surface area (Å²) in [5, 5.41) is 0. The number of nitrogens with one attached hydrogen (secondary N) is 1. The number of carbonyl (C=O) groups is 1. The highest BCUT2D eigenvalue weighted by molar-refractivity contribution is 6.04. The Hall–Kier alpha value is -1.62. The Labute approximate surface area is 79.8 Å². The van der Waals surface area contributed by atoms with Crippen LogP contribution in [0.3, 0.4) is 0 Å². The standard InChI is InChI=1S/C7H6N4O.ClH/c8-7(12)4-1-10-5-2-9-3-11-6(4)5;/h1-3,10H,(H2,8,12);1H. The lowest BCUT2D eigenvalue weighted by Gasteiger charge is -1.88. The summed E-state index contributed by atoms with van der Waals surface area (Å²) in [7, 11) is 0. The molecule has 0 bridgehead atoms. The van der Waals surface area contributed by atoms with Gasteiger partial charge in [0.25, 0.3) is 5.91 Å². The van der Waals surface area contributed by atoms with Gasteiger partial charge in [0.1, 0.15) is 11.8 Å². The van der Waals surface area contributed by atoms with E-state index in [1.807, 2.05) is 0 Å². The van der Waals surface area contributed by atoms with E-state index in [1.54, 1.807) is 6.20 Å². The highest BCUT2D eigenvalue weighted by Gasteiger charge is 2.08. The van der Waals surface area contributed by atoms with Crippen LogP contribution in [0.1, 0.15) is 10.4 Å². The molecule has 3 N–H and O–H groups in total. The Morgan fingerprint density at radius 1 is 1.54 bits per heavy atom. The highest BCUT2D eigenvalue weighted by atomic mass is 35.5. The molecule has 0 unspecified atom stereocenters. The van der Waals surface area contributed by atoms with Crippen LogP contribution in [0.4, 0.5) is 0 Å². The van der Waals surface area contributed by atoms with Gasteiger partial charge < -0.3 is 10.7 Å². The molecule has 0 radical (unpaired) electrons. The molecule has 13 heavy (non-hydrogen) atoms. The molecule has 68 valence electrons. The van der Waals surface area contributed by atoms with Gasteiger partial charge in [0.2, 0.25) is 0 Å². The molecule has 1 amide bonds. The zero-order valence-electron chi connectivity index (χ0n) is 6.52. The molecular formula is C7H7ClN4O. The summed E-state index contributed by atoms with van der Waals surface area (Å²) in [6, 6.07) is 0. The molecule has 5 nitrogen and oxygen atoms in total. The van der Waals surface area contributed by atoms with Crippen molar-refractivity contribution in [1.82, 2.24) is 15.0 Å². The van der Waals surface area contributed by atoms with Gasteiger partial charge in [0.05, 0.1) is 17.3 Å². The van der Waals surface area contributed by atoms with E-state index in [-0.39, 0.29) is 12.4 Å². The van der Waals surface area contributed by atoms with Crippen molar-refractivity contribution in [2.75, 3.05) is 0 Å². The predicted octanol–water partition coefficient (Wildman–Crippen LogP) is 0.479. The number of halogens is 1. The molecule has 0 saturated carbocycles. The van der Waals surface area contributed by atoms with Crippen LogP contribution in [0, 0.1) is 0 Å². The van der Waals surface area contributed by atoms with Crippen molar-refractivity contribution in [3.05, 3.63) is 24.3 Å². The van der Waals surface area contributed by atoms with Crippen LogP contribution < -0.4 is 5.73 Å². The number of aromatic nitrogens is 3. The monoisotopic (exact) mass is 198 g/mol. The van der Waals surface area contributed by atoms with Gasteiger partial charge in [-0.05, 0) is 0 Å². The van der Waals surface area contributed by atoms with Crippen molar-refractivity contribution < 1.29 is 4.79 Å². The smallest absolute Gasteiger partial charge is 0.252 e. The normalized spacial score (nSPS) is 9.54. The number of nitrogens with two attached hydrogens (primary N) is 1. The minimum Gasteiger partial charge on any atom is -0.365 e. The Kier molecular flexibility index (Phi) is 2.48. The van der Waals surface area contributed by atoms with Crippen molar-refractivity contribution in [1.29, 1.82) is 0 Å². The molecule has 0 aliphatic carbocycles. The van der Waals surface area contributed by atoms with Gasteiger partial charge in [0.15, 0.2) is 0 Å². The number of aromatic amines is 1. The molecule has 0 saturated heterocycles. The first-order valence-electron chi connectivity index (χ1n) is 3.36. The van der Waals surface area contributed by atoms with Crippen LogP contribution in [0.25, 0.3) is 11.0 Å². The number of nitrogens with zero attached hydrogens (tertiary/aromatic N) is 2. The van der Waals surface area contributed by atoms with E-state index in [0.717, 1.165) is 0 Å². The second kappa shape index (κ2) is 3.40. The fourth-order valence-corrected chi connectivity index (χ4v) is 1.06. The molecule has 0 atom stereocenters. The zero-order valence-corrected chi connectivity index (χ0v) is 7.34. The van der Waals surface area contributed by atoms with Crippen LogP contribution >= 0.6 is 12.4 Å². The Bertz CT molecular complexity index is 439. The molecule has 2 heterocycles. The molecule has 6 heteroatoms. The maximum atomic E-state index is 10.8. The summed E-state index contributed by atoms with van der Waals surface area (Å²) < 4.78 is 0.